The number of hydrogen-bond acceptors (Lipinski definition) is 3. The summed E-state index contributed by atoms with van der Waals surface area (Å²) in [4.78, 5) is 13.5. The van der Waals surface area contributed by atoms with Crippen LogP contribution in [0.3, 0.4) is 0 Å². The van der Waals surface area contributed by atoms with Gasteiger partial charge < -0.3 is 4.90 Å². The molecule has 0 radical (unpaired) electrons. The van der Waals surface area contributed by atoms with Crippen molar-refractivity contribution in [1.82, 2.24) is 9.97 Å². The number of hydrogen-bond donors (Lipinski definition) is 0. The molecule has 1 aromatic heterocycles. The lowest BCUT2D eigenvalue weighted by molar-refractivity contribution is 0.739. The smallest absolute Gasteiger partial charge is 0.160 e. The Bertz CT molecular complexity index is 2370. The third-order valence-corrected chi connectivity index (χ3v) is 10.1. The molecule has 6 aromatic carbocycles. The average molecular weight is 630 g/mol. The number of para-hydroxylation sites is 2. The molecule has 0 atom stereocenters. The van der Waals surface area contributed by atoms with Gasteiger partial charge in [-0.05, 0) is 46.0 Å². The highest BCUT2D eigenvalue weighted by Crippen LogP contribution is 2.63. The second kappa shape index (κ2) is 11.9. The molecule has 0 N–H and O–H groups in total. The molecule has 0 fully saturated rings. The van der Waals surface area contributed by atoms with Crippen LogP contribution >= 0.6 is 0 Å². The fraction of sp³-hybridized carbons (Fsp3) is 0.0870. The number of allylic oxidation sites excluding steroid dienone is 3. The Labute approximate surface area is 287 Å². The Morgan fingerprint density at radius 3 is 1.88 bits per heavy atom. The van der Waals surface area contributed by atoms with Gasteiger partial charge in [0, 0.05) is 40.2 Å². The largest absolute Gasteiger partial charge is 0.337 e. The van der Waals surface area contributed by atoms with Crippen LogP contribution in [0.4, 0.5) is 11.4 Å². The van der Waals surface area contributed by atoms with Crippen LogP contribution in [0.2, 0.25) is 0 Å². The SMILES string of the molecule is CC/C=C\C=C/CN1c2ccccc2C2(c3ccccc3-c3nc(-c4ccccc4)nc(-c4cccc5ccccc45)c32)c2ccccc21. The maximum absolute atomic E-state index is 5.57. The Kier molecular flexibility index (Phi) is 7.05. The molecule has 2 heterocycles. The standard InChI is InChI=1S/C46H35N3/c1-2-3-4-5-17-31-49-40-29-15-13-27-38(40)46(39-28-14-16-30-41(39)49)37-26-12-11-24-36(37)44-42(46)43(47-45(48-44)33-20-7-6-8-21-33)35-25-18-22-32-19-9-10-23-34(32)35/h3-30H,2,31H2,1H3/b4-3-,17-5-. The molecule has 234 valence electrons. The van der Waals surface area contributed by atoms with Crippen molar-refractivity contribution in [3.8, 4) is 33.9 Å². The number of aromatic nitrogens is 2. The Hall–Kier alpha value is -6.06. The predicted octanol–water partition coefficient (Wildman–Crippen LogP) is 11.3. The molecule has 0 unspecified atom stereocenters. The van der Waals surface area contributed by atoms with Crippen LogP contribution < -0.4 is 4.90 Å². The van der Waals surface area contributed by atoms with Gasteiger partial charge in [0.05, 0.1) is 16.8 Å². The topological polar surface area (TPSA) is 29.0 Å². The molecule has 1 aliphatic carbocycles. The summed E-state index contributed by atoms with van der Waals surface area (Å²) < 4.78 is 0. The Morgan fingerprint density at radius 2 is 1.12 bits per heavy atom. The maximum atomic E-state index is 5.57. The Morgan fingerprint density at radius 1 is 0.551 bits per heavy atom. The first kappa shape index (κ1) is 29.1. The molecule has 2 aliphatic rings. The van der Waals surface area contributed by atoms with Gasteiger partial charge in [0.15, 0.2) is 5.82 Å². The van der Waals surface area contributed by atoms with Gasteiger partial charge in [-0.25, -0.2) is 9.97 Å². The zero-order valence-corrected chi connectivity index (χ0v) is 27.4. The molecule has 0 amide bonds. The lowest BCUT2D eigenvalue weighted by atomic mass is 9.64. The zero-order valence-electron chi connectivity index (χ0n) is 27.4. The summed E-state index contributed by atoms with van der Waals surface area (Å²) in [6.07, 6.45) is 9.77. The van der Waals surface area contributed by atoms with Crippen molar-refractivity contribution in [3.05, 3.63) is 192 Å². The molecule has 0 saturated carbocycles. The van der Waals surface area contributed by atoms with Gasteiger partial charge in [-0.3, -0.25) is 0 Å². The van der Waals surface area contributed by atoms with E-state index in [-0.39, 0.29) is 0 Å². The summed E-state index contributed by atoms with van der Waals surface area (Å²) in [5.74, 6) is 0.735. The number of benzene rings is 6. The van der Waals surface area contributed by atoms with Crippen LogP contribution in [0.1, 0.15) is 35.6 Å². The summed E-state index contributed by atoms with van der Waals surface area (Å²) in [5, 5.41) is 2.37. The van der Waals surface area contributed by atoms with E-state index in [4.69, 9.17) is 9.97 Å². The fourth-order valence-electron chi connectivity index (χ4n) is 8.05. The van der Waals surface area contributed by atoms with E-state index in [1.54, 1.807) is 0 Å². The lowest BCUT2D eigenvalue weighted by Crippen LogP contribution is -2.38. The maximum Gasteiger partial charge on any atom is 0.160 e. The third-order valence-electron chi connectivity index (χ3n) is 10.1. The van der Waals surface area contributed by atoms with E-state index in [0.717, 1.165) is 52.4 Å². The van der Waals surface area contributed by atoms with Gasteiger partial charge >= 0.3 is 0 Å². The van der Waals surface area contributed by atoms with Crippen LogP contribution in [-0.4, -0.2) is 16.5 Å². The van der Waals surface area contributed by atoms with Gasteiger partial charge in [-0.2, -0.15) is 0 Å². The molecule has 0 saturated heterocycles. The zero-order chi connectivity index (χ0) is 32.8. The number of fused-ring (bicyclic) bond motifs is 10. The van der Waals surface area contributed by atoms with E-state index >= 15 is 0 Å². The van der Waals surface area contributed by atoms with E-state index in [1.807, 2.05) is 6.07 Å². The molecule has 3 nitrogen and oxygen atoms in total. The quantitative estimate of drug-likeness (QED) is 0.171. The molecule has 0 bridgehead atoms. The predicted molar refractivity (Wildman–Crippen MR) is 203 cm³/mol. The van der Waals surface area contributed by atoms with Crippen molar-refractivity contribution < 1.29 is 0 Å². The molecule has 49 heavy (non-hydrogen) atoms. The summed E-state index contributed by atoms with van der Waals surface area (Å²) >= 11 is 0. The van der Waals surface area contributed by atoms with Crippen molar-refractivity contribution in [3.63, 3.8) is 0 Å². The number of nitrogens with zero attached hydrogens (tertiary/aromatic N) is 3. The highest BCUT2D eigenvalue weighted by Gasteiger charge is 2.53. The summed E-state index contributed by atoms with van der Waals surface area (Å²) in [6.45, 7) is 2.92. The minimum absolute atomic E-state index is 0.636. The lowest BCUT2D eigenvalue weighted by Gasteiger charge is -2.45. The van der Waals surface area contributed by atoms with Crippen molar-refractivity contribution in [1.29, 1.82) is 0 Å². The van der Waals surface area contributed by atoms with E-state index < -0.39 is 5.41 Å². The highest BCUT2D eigenvalue weighted by molar-refractivity contribution is 6.01. The van der Waals surface area contributed by atoms with E-state index in [9.17, 15) is 0 Å². The first-order valence-corrected chi connectivity index (χ1v) is 17.1. The number of anilines is 2. The molecule has 7 aromatic rings. The molecular weight excluding hydrogens is 595 g/mol. The molecular formula is C46H35N3. The van der Waals surface area contributed by atoms with E-state index in [2.05, 4.69) is 176 Å². The summed E-state index contributed by atoms with van der Waals surface area (Å²) in [7, 11) is 0. The fourth-order valence-corrected chi connectivity index (χ4v) is 8.05. The number of rotatable bonds is 6. The monoisotopic (exact) mass is 629 g/mol. The van der Waals surface area contributed by atoms with Crippen LogP contribution in [-0.2, 0) is 5.41 Å². The van der Waals surface area contributed by atoms with Gasteiger partial charge in [0.1, 0.15) is 0 Å². The summed E-state index contributed by atoms with van der Waals surface area (Å²) in [5.41, 5.74) is 11.9. The summed E-state index contributed by atoms with van der Waals surface area (Å²) in [6, 6.07) is 52.4. The van der Waals surface area contributed by atoms with Crippen LogP contribution in [0.5, 0.6) is 0 Å². The van der Waals surface area contributed by atoms with E-state index in [0.29, 0.717) is 0 Å². The van der Waals surface area contributed by atoms with Crippen molar-refractivity contribution in [2.24, 2.45) is 0 Å². The third kappa shape index (κ3) is 4.43. The van der Waals surface area contributed by atoms with Crippen LogP contribution in [0, 0.1) is 0 Å². The van der Waals surface area contributed by atoms with Crippen molar-refractivity contribution >= 4 is 22.1 Å². The van der Waals surface area contributed by atoms with Gasteiger partial charge in [-0.15, -0.1) is 0 Å². The highest BCUT2D eigenvalue weighted by atomic mass is 15.1. The molecule has 3 heteroatoms. The Balaban J connectivity index is 1.42. The van der Waals surface area contributed by atoms with Gasteiger partial charge in [0.2, 0.25) is 0 Å². The molecule has 1 aliphatic heterocycles. The second-order valence-electron chi connectivity index (χ2n) is 12.7. The van der Waals surface area contributed by atoms with Crippen LogP contribution in [0.15, 0.2) is 170 Å². The van der Waals surface area contributed by atoms with Crippen LogP contribution in [0.25, 0.3) is 44.7 Å². The normalized spacial score (nSPS) is 13.9. The minimum Gasteiger partial charge on any atom is -0.337 e. The molecule has 1 spiro atoms. The average Bonchev–Trinajstić information content (AvgIpc) is 3.46. The van der Waals surface area contributed by atoms with Gasteiger partial charge in [-0.1, -0.05) is 165 Å². The molecule has 9 rings (SSSR count). The van der Waals surface area contributed by atoms with Crippen molar-refractivity contribution in [2.45, 2.75) is 18.8 Å². The first-order valence-electron chi connectivity index (χ1n) is 17.1. The second-order valence-corrected chi connectivity index (χ2v) is 12.7. The van der Waals surface area contributed by atoms with E-state index in [1.165, 1.54) is 38.8 Å². The minimum atomic E-state index is -0.636. The van der Waals surface area contributed by atoms with Gasteiger partial charge in [0.25, 0.3) is 0 Å². The first-order chi connectivity index (χ1) is 24.3. The van der Waals surface area contributed by atoms with Crippen molar-refractivity contribution in [2.75, 3.05) is 11.4 Å².